The lowest BCUT2D eigenvalue weighted by atomic mass is 10.1. The molecule has 0 bridgehead atoms. The number of carbonyl (C=O) groups excluding carboxylic acids is 1. The van der Waals surface area contributed by atoms with Crippen molar-refractivity contribution in [3.63, 3.8) is 0 Å². The highest BCUT2D eigenvalue weighted by molar-refractivity contribution is 9.10. The van der Waals surface area contributed by atoms with Crippen molar-refractivity contribution in [1.82, 2.24) is 10.5 Å². The maximum absolute atomic E-state index is 14.5. The number of halogens is 4. The summed E-state index contributed by atoms with van der Waals surface area (Å²) in [6.07, 6.45) is 3.69. The van der Waals surface area contributed by atoms with Gasteiger partial charge in [0, 0.05) is 6.20 Å². The Kier molecular flexibility index (Phi) is 5.89. The Morgan fingerprint density at radius 1 is 1.27 bits per heavy atom. The number of aromatic nitrogens is 1. The molecule has 0 saturated heterocycles. The lowest BCUT2D eigenvalue weighted by Crippen LogP contribution is -2.26. The molecule has 1 amide bonds. The molecule has 2 N–H and O–H groups in total. The summed E-state index contributed by atoms with van der Waals surface area (Å²) in [7, 11) is 0. The van der Waals surface area contributed by atoms with Crippen molar-refractivity contribution in [3.8, 4) is 0 Å². The van der Waals surface area contributed by atoms with Crippen molar-refractivity contribution < 1.29 is 18.4 Å². The molecule has 5 nitrogen and oxygen atoms in total. The summed E-state index contributed by atoms with van der Waals surface area (Å²) in [5.74, 6) is -2.29. The topological polar surface area (TPSA) is 63.2 Å². The summed E-state index contributed by atoms with van der Waals surface area (Å²) in [5, 5.41) is 2.69. The summed E-state index contributed by atoms with van der Waals surface area (Å²) in [4.78, 5) is 21.7. The van der Waals surface area contributed by atoms with Crippen LogP contribution in [0.4, 0.5) is 20.3 Å². The number of hydrogen-bond acceptors (Lipinski definition) is 4. The van der Waals surface area contributed by atoms with Crippen LogP contribution in [0.1, 0.15) is 28.8 Å². The van der Waals surface area contributed by atoms with Gasteiger partial charge in [0.2, 0.25) is 0 Å². The summed E-state index contributed by atoms with van der Waals surface area (Å²) in [5.41, 5.74) is 2.72. The molecule has 1 heterocycles. The zero-order chi connectivity index (χ0) is 18.8. The van der Waals surface area contributed by atoms with Gasteiger partial charge < -0.3 is 5.32 Å². The molecule has 1 saturated carbocycles. The highest BCUT2D eigenvalue weighted by Gasteiger charge is 2.25. The number of hydroxylamine groups is 1. The SMILES string of the molecule is Cc1cnc(Nc2c(C(=O)NOCC3CC3)cc(Br)c(F)c2F)c(Br)c1. The second-order valence-corrected chi connectivity index (χ2v) is 7.77. The third-order valence-corrected chi connectivity index (χ3v) is 4.99. The van der Waals surface area contributed by atoms with Gasteiger partial charge in [0.1, 0.15) is 5.82 Å². The fourth-order valence-corrected chi connectivity index (χ4v) is 3.17. The molecule has 3 rings (SSSR count). The molecule has 1 fully saturated rings. The average Bonchev–Trinajstić information content (AvgIpc) is 3.41. The molecule has 9 heteroatoms. The summed E-state index contributed by atoms with van der Waals surface area (Å²) >= 11 is 6.23. The van der Waals surface area contributed by atoms with Gasteiger partial charge in [0.25, 0.3) is 5.91 Å². The van der Waals surface area contributed by atoms with Gasteiger partial charge in [0.15, 0.2) is 11.6 Å². The van der Waals surface area contributed by atoms with E-state index in [0.717, 1.165) is 18.4 Å². The Morgan fingerprint density at radius 2 is 2.00 bits per heavy atom. The fraction of sp³-hybridized carbons (Fsp3) is 0.294. The number of pyridine rings is 1. The van der Waals surface area contributed by atoms with Crippen LogP contribution < -0.4 is 10.8 Å². The monoisotopic (exact) mass is 489 g/mol. The Labute approximate surface area is 165 Å². The number of aryl methyl sites for hydroxylation is 1. The number of amides is 1. The van der Waals surface area contributed by atoms with Crippen LogP contribution >= 0.6 is 31.9 Å². The Balaban J connectivity index is 1.90. The van der Waals surface area contributed by atoms with Crippen molar-refractivity contribution >= 4 is 49.3 Å². The Bertz CT molecular complexity index is 860. The van der Waals surface area contributed by atoms with E-state index in [9.17, 15) is 13.6 Å². The van der Waals surface area contributed by atoms with Gasteiger partial charge in [0.05, 0.1) is 26.8 Å². The van der Waals surface area contributed by atoms with Crippen molar-refractivity contribution in [2.24, 2.45) is 5.92 Å². The van der Waals surface area contributed by atoms with Crippen LogP contribution in [-0.2, 0) is 4.84 Å². The van der Waals surface area contributed by atoms with E-state index in [0.29, 0.717) is 17.0 Å². The molecule has 0 atom stereocenters. The number of nitrogens with zero attached hydrogens (tertiary/aromatic N) is 1. The first-order chi connectivity index (χ1) is 12.4. The van der Waals surface area contributed by atoms with E-state index in [1.807, 2.05) is 6.92 Å². The van der Waals surface area contributed by atoms with E-state index in [4.69, 9.17) is 4.84 Å². The molecule has 0 radical (unpaired) electrons. The molecule has 0 spiro atoms. The van der Waals surface area contributed by atoms with E-state index >= 15 is 0 Å². The molecule has 2 aromatic rings. The predicted octanol–water partition coefficient (Wildman–Crippen LogP) is 5.01. The molecule has 0 unspecified atom stereocenters. The van der Waals surface area contributed by atoms with Crippen LogP contribution in [0.5, 0.6) is 0 Å². The van der Waals surface area contributed by atoms with E-state index in [-0.39, 0.29) is 21.5 Å². The first-order valence-corrected chi connectivity index (χ1v) is 9.44. The standard InChI is InChI=1S/C17H15Br2F2N3O2/c1-8-4-12(19)16(22-6-8)23-15-10(5-11(18)13(20)14(15)21)17(25)24-26-7-9-2-3-9/h4-6,9H,2-3,7H2,1H3,(H,22,23)(H,24,25). The van der Waals surface area contributed by atoms with Crippen LogP contribution in [0.15, 0.2) is 27.3 Å². The summed E-state index contributed by atoms with van der Waals surface area (Å²) < 4.78 is 28.9. The average molecular weight is 491 g/mol. The van der Waals surface area contributed by atoms with Gasteiger partial charge in [-0.1, -0.05) is 0 Å². The van der Waals surface area contributed by atoms with Gasteiger partial charge in [-0.2, -0.15) is 0 Å². The fourth-order valence-electron chi connectivity index (χ4n) is 2.20. The second-order valence-electron chi connectivity index (χ2n) is 6.06. The maximum atomic E-state index is 14.5. The number of rotatable bonds is 6. The van der Waals surface area contributed by atoms with Crippen molar-refractivity contribution in [2.45, 2.75) is 19.8 Å². The Morgan fingerprint density at radius 3 is 2.65 bits per heavy atom. The number of hydrogen-bond donors (Lipinski definition) is 2. The molecule has 1 aliphatic rings. The minimum absolute atomic E-state index is 0.110. The lowest BCUT2D eigenvalue weighted by molar-refractivity contribution is 0.0270. The van der Waals surface area contributed by atoms with Crippen molar-refractivity contribution in [1.29, 1.82) is 0 Å². The minimum atomic E-state index is -1.19. The first-order valence-electron chi connectivity index (χ1n) is 7.85. The van der Waals surface area contributed by atoms with E-state index < -0.39 is 17.5 Å². The molecule has 26 heavy (non-hydrogen) atoms. The normalized spacial score (nSPS) is 13.6. The largest absolute Gasteiger partial charge is 0.336 e. The van der Waals surface area contributed by atoms with E-state index in [1.165, 1.54) is 6.07 Å². The number of benzene rings is 1. The molecule has 1 aromatic carbocycles. The van der Waals surface area contributed by atoms with Gasteiger partial charge >= 0.3 is 0 Å². The highest BCUT2D eigenvalue weighted by Crippen LogP contribution is 2.33. The quantitative estimate of drug-likeness (QED) is 0.441. The zero-order valence-corrected chi connectivity index (χ0v) is 16.9. The molecule has 0 aliphatic heterocycles. The molecular weight excluding hydrogens is 476 g/mol. The van der Waals surface area contributed by atoms with Gasteiger partial charge in [-0.25, -0.2) is 19.2 Å². The van der Waals surface area contributed by atoms with Crippen LogP contribution in [0, 0.1) is 24.5 Å². The van der Waals surface area contributed by atoms with Gasteiger partial charge in [-0.3, -0.25) is 9.63 Å². The lowest BCUT2D eigenvalue weighted by Gasteiger charge is -2.15. The predicted molar refractivity (Wildman–Crippen MR) is 100 cm³/mol. The van der Waals surface area contributed by atoms with Crippen LogP contribution in [-0.4, -0.2) is 17.5 Å². The number of nitrogens with one attached hydrogen (secondary N) is 2. The zero-order valence-electron chi connectivity index (χ0n) is 13.7. The molecule has 1 aromatic heterocycles. The van der Waals surface area contributed by atoms with Crippen molar-refractivity contribution in [3.05, 3.63) is 50.0 Å². The third-order valence-electron chi connectivity index (χ3n) is 3.81. The third kappa shape index (κ3) is 4.39. The van der Waals surface area contributed by atoms with Crippen molar-refractivity contribution in [2.75, 3.05) is 11.9 Å². The molecule has 1 aliphatic carbocycles. The molecule has 138 valence electrons. The van der Waals surface area contributed by atoms with Gasteiger partial charge in [-0.05, 0) is 75.2 Å². The Hall–Kier alpha value is -1.58. The molecular formula is C17H15Br2F2N3O2. The van der Waals surface area contributed by atoms with Gasteiger partial charge in [-0.15, -0.1) is 0 Å². The summed E-state index contributed by atoms with van der Waals surface area (Å²) in [6, 6.07) is 2.96. The second kappa shape index (κ2) is 7.98. The van der Waals surface area contributed by atoms with Crippen LogP contribution in [0.25, 0.3) is 0 Å². The van der Waals surface area contributed by atoms with E-state index in [1.54, 1.807) is 12.3 Å². The van der Waals surface area contributed by atoms with E-state index in [2.05, 4.69) is 47.6 Å². The summed E-state index contributed by atoms with van der Waals surface area (Å²) in [6.45, 7) is 2.24. The minimum Gasteiger partial charge on any atom is -0.336 e. The maximum Gasteiger partial charge on any atom is 0.277 e. The number of anilines is 2. The van der Waals surface area contributed by atoms with Crippen LogP contribution in [0.2, 0.25) is 0 Å². The number of carbonyl (C=O) groups is 1. The highest BCUT2D eigenvalue weighted by atomic mass is 79.9. The van der Waals surface area contributed by atoms with Crippen LogP contribution in [0.3, 0.4) is 0 Å². The smallest absolute Gasteiger partial charge is 0.277 e. The first kappa shape index (κ1) is 19.2.